The summed E-state index contributed by atoms with van der Waals surface area (Å²) in [5.74, 6) is -0.957. The van der Waals surface area contributed by atoms with Crippen LogP contribution in [0.5, 0.6) is 5.75 Å². The number of benzene rings is 1. The van der Waals surface area contributed by atoms with E-state index < -0.39 is 17.8 Å². The normalized spacial score (nSPS) is 10.4. The molecule has 4 heteroatoms. The van der Waals surface area contributed by atoms with Gasteiger partial charge in [-0.2, -0.15) is 0 Å². The standard InChI is InChI=1S/C8H6F3O/c1-12-5-2-3-6(8(10)11)7(9)4-5/h2-3,8H,1H3. The van der Waals surface area contributed by atoms with Gasteiger partial charge in [0.25, 0.3) is 6.43 Å². The zero-order chi connectivity index (χ0) is 9.14. The summed E-state index contributed by atoms with van der Waals surface area (Å²) < 4.78 is 41.2. The summed E-state index contributed by atoms with van der Waals surface area (Å²) in [5, 5.41) is 0. The van der Waals surface area contributed by atoms with Gasteiger partial charge in [0.15, 0.2) is 0 Å². The SMILES string of the molecule is COc1[c]c(F)c(C(F)F)cc1. The van der Waals surface area contributed by atoms with Gasteiger partial charge in [0.1, 0.15) is 11.6 Å². The predicted octanol–water partition coefficient (Wildman–Crippen LogP) is 2.57. The van der Waals surface area contributed by atoms with Crippen LogP contribution in [0.4, 0.5) is 13.2 Å². The Balaban J connectivity index is 3.03. The van der Waals surface area contributed by atoms with Crippen LogP contribution in [0.2, 0.25) is 0 Å². The van der Waals surface area contributed by atoms with E-state index in [9.17, 15) is 13.2 Å². The van der Waals surface area contributed by atoms with E-state index in [4.69, 9.17) is 0 Å². The summed E-state index contributed by atoms with van der Waals surface area (Å²) in [6.45, 7) is 0. The fourth-order valence-corrected chi connectivity index (χ4v) is 0.748. The minimum Gasteiger partial charge on any atom is -0.496 e. The lowest BCUT2D eigenvalue weighted by Crippen LogP contribution is -1.92. The first kappa shape index (κ1) is 8.90. The molecule has 0 saturated heterocycles. The minimum atomic E-state index is -2.81. The van der Waals surface area contributed by atoms with Crippen LogP contribution < -0.4 is 4.74 Å². The van der Waals surface area contributed by atoms with Gasteiger partial charge in [-0.1, -0.05) is 0 Å². The maximum Gasteiger partial charge on any atom is 0.266 e. The number of ether oxygens (including phenoxy) is 1. The van der Waals surface area contributed by atoms with Crippen molar-refractivity contribution in [3.05, 3.63) is 29.6 Å². The van der Waals surface area contributed by atoms with Crippen molar-refractivity contribution in [3.8, 4) is 5.75 Å². The molecule has 0 unspecified atom stereocenters. The van der Waals surface area contributed by atoms with E-state index in [0.717, 1.165) is 6.07 Å². The molecule has 1 radical (unpaired) electrons. The lowest BCUT2D eigenvalue weighted by Gasteiger charge is -2.02. The van der Waals surface area contributed by atoms with Gasteiger partial charge in [0.2, 0.25) is 0 Å². The molecule has 0 aliphatic carbocycles. The second kappa shape index (κ2) is 3.47. The molecule has 1 aromatic rings. The van der Waals surface area contributed by atoms with E-state index >= 15 is 0 Å². The molecule has 0 N–H and O–H groups in total. The van der Waals surface area contributed by atoms with Crippen molar-refractivity contribution < 1.29 is 17.9 Å². The number of rotatable bonds is 2. The van der Waals surface area contributed by atoms with Crippen molar-refractivity contribution in [2.45, 2.75) is 6.43 Å². The number of alkyl halides is 2. The predicted molar refractivity (Wildman–Crippen MR) is 36.7 cm³/mol. The van der Waals surface area contributed by atoms with Crippen molar-refractivity contribution >= 4 is 0 Å². The monoisotopic (exact) mass is 175 g/mol. The van der Waals surface area contributed by atoms with Crippen molar-refractivity contribution in [2.75, 3.05) is 7.11 Å². The van der Waals surface area contributed by atoms with Crippen LogP contribution in [-0.2, 0) is 0 Å². The Morgan fingerprint density at radius 3 is 2.50 bits per heavy atom. The largest absolute Gasteiger partial charge is 0.496 e. The van der Waals surface area contributed by atoms with E-state index in [-0.39, 0.29) is 5.75 Å². The maximum absolute atomic E-state index is 12.7. The summed E-state index contributed by atoms with van der Waals surface area (Å²) in [7, 11) is 1.31. The molecule has 0 fully saturated rings. The summed E-state index contributed by atoms with van der Waals surface area (Å²) in [5.41, 5.74) is -0.657. The first-order chi connectivity index (χ1) is 5.65. The van der Waals surface area contributed by atoms with E-state index in [1.165, 1.54) is 13.2 Å². The summed E-state index contributed by atoms with van der Waals surface area (Å²) in [6, 6.07) is 4.26. The minimum absolute atomic E-state index is 0.108. The fraction of sp³-hybridized carbons (Fsp3) is 0.250. The molecule has 1 aromatic carbocycles. The van der Waals surface area contributed by atoms with Gasteiger partial charge >= 0.3 is 0 Å². The van der Waals surface area contributed by atoms with Gasteiger partial charge < -0.3 is 4.74 Å². The maximum atomic E-state index is 12.7. The van der Waals surface area contributed by atoms with Crippen LogP contribution >= 0.6 is 0 Å². The van der Waals surface area contributed by atoms with Crippen LogP contribution in [0.3, 0.4) is 0 Å². The Labute approximate surface area is 67.8 Å². The first-order valence-corrected chi connectivity index (χ1v) is 3.19. The average Bonchev–Trinajstić information content (AvgIpc) is 2.03. The molecule has 0 heterocycles. The molecule has 0 aromatic heterocycles. The van der Waals surface area contributed by atoms with Gasteiger partial charge in [0, 0.05) is 0 Å². The third-order valence-corrected chi connectivity index (χ3v) is 1.36. The van der Waals surface area contributed by atoms with Crippen molar-refractivity contribution in [2.24, 2.45) is 0 Å². The Morgan fingerprint density at radius 1 is 1.42 bits per heavy atom. The molecule has 0 atom stereocenters. The number of hydrogen-bond donors (Lipinski definition) is 0. The molecule has 0 spiro atoms. The van der Waals surface area contributed by atoms with Gasteiger partial charge in [0.05, 0.1) is 18.7 Å². The van der Waals surface area contributed by atoms with Crippen molar-refractivity contribution in [1.82, 2.24) is 0 Å². The smallest absolute Gasteiger partial charge is 0.266 e. The van der Waals surface area contributed by atoms with E-state index in [0.29, 0.717) is 0 Å². The Bertz CT molecular complexity index is 273. The summed E-state index contributed by atoms with van der Waals surface area (Å²) >= 11 is 0. The molecular formula is C8H6F3O. The van der Waals surface area contributed by atoms with Crippen molar-refractivity contribution in [3.63, 3.8) is 0 Å². The molecule has 65 valence electrons. The Kier molecular flexibility index (Phi) is 2.58. The van der Waals surface area contributed by atoms with Crippen LogP contribution in [0, 0.1) is 11.9 Å². The average molecular weight is 175 g/mol. The van der Waals surface area contributed by atoms with Gasteiger partial charge in [-0.25, -0.2) is 13.2 Å². The zero-order valence-corrected chi connectivity index (χ0v) is 6.27. The van der Waals surface area contributed by atoms with Crippen LogP contribution in [0.15, 0.2) is 12.1 Å². The first-order valence-electron chi connectivity index (χ1n) is 3.19. The third-order valence-electron chi connectivity index (χ3n) is 1.36. The Morgan fingerprint density at radius 2 is 2.08 bits per heavy atom. The highest BCUT2D eigenvalue weighted by Crippen LogP contribution is 2.24. The van der Waals surface area contributed by atoms with Crippen LogP contribution in [0.25, 0.3) is 0 Å². The number of hydrogen-bond acceptors (Lipinski definition) is 1. The number of methoxy groups -OCH3 is 1. The topological polar surface area (TPSA) is 9.23 Å². The zero-order valence-electron chi connectivity index (χ0n) is 6.27. The fourth-order valence-electron chi connectivity index (χ4n) is 0.748. The lowest BCUT2D eigenvalue weighted by atomic mass is 10.2. The van der Waals surface area contributed by atoms with E-state index in [1.54, 1.807) is 0 Å². The highest BCUT2D eigenvalue weighted by molar-refractivity contribution is 5.28. The van der Waals surface area contributed by atoms with Gasteiger partial charge in [-0.05, 0) is 12.1 Å². The second-order valence-corrected chi connectivity index (χ2v) is 2.10. The molecule has 1 nitrogen and oxygen atoms in total. The van der Waals surface area contributed by atoms with Crippen LogP contribution in [0.1, 0.15) is 12.0 Å². The summed E-state index contributed by atoms with van der Waals surface area (Å²) in [6.07, 6.45) is -2.81. The highest BCUT2D eigenvalue weighted by Gasteiger charge is 2.13. The van der Waals surface area contributed by atoms with Crippen molar-refractivity contribution in [1.29, 1.82) is 0 Å². The second-order valence-electron chi connectivity index (χ2n) is 2.10. The molecular weight excluding hydrogens is 169 g/mol. The third kappa shape index (κ3) is 1.69. The van der Waals surface area contributed by atoms with E-state index in [2.05, 4.69) is 4.74 Å². The molecule has 0 aliphatic rings. The molecule has 0 saturated carbocycles. The van der Waals surface area contributed by atoms with Gasteiger partial charge in [-0.15, -0.1) is 0 Å². The van der Waals surface area contributed by atoms with E-state index in [1.807, 2.05) is 6.07 Å². The molecule has 12 heavy (non-hydrogen) atoms. The quantitative estimate of drug-likeness (QED) is 0.671. The van der Waals surface area contributed by atoms with Crippen LogP contribution in [-0.4, -0.2) is 7.11 Å². The molecule has 0 amide bonds. The molecule has 0 aliphatic heterocycles. The lowest BCUT2D eigenvalue weighted by molar-refractivity contribution is 0.146. The van der Waals surface area contributed by atoms with Gasteiger partial charge in [-0.3, -0.25) is 0 Å². The summed E-state index contributed by atoms with van der Waals surface area (Å²) in [4.78, 5) is 0. The molecule has 0 bridgehead atoms. The number of halogens is 3. The molecule has 1 rings (SSSR count). The Hall–Kier alpha value is -1.19. The highest BCUT2D eigenvalue weighted by atomic mass is 19.3.